The van der Waals surface area contributed by atoms with Crippen LogP contribution in [0.15, 0.2) is 48.6 Å². The second kappa shape index (κ2) is 23.7. The van der Waals surface area contributed by atoms with Gasteiger partial charge >= 0.3 is 5.97 Å². The summed E-state index contributed by atoms with van der Waals surface area (Å²) in [6.45, 7) is 12.4. The van der Waals surface area contributed by atoms with Crippen LogP contribution in [-0.4, -0.2) is 178 Å². The number of aliphatic hydroxyl groups is 3. The minimum atomic E-state index is -2.34. The number of carbonyl (C=O) groups excluding carboxylic acids is 5. The molecule has 6 aliphatic rings. The van der Waals surface area contributed by atoms with Gasteiger partial charge < -0.3 is 54.7 Å². The first-order chi connectivity index (χ1) is 37.8. The van der Waals surface area contributed by atoms with Crippen molar-refractivity contribution < 1.29 is 58.7 Å². The normalized spacial score (nSPS) is 31.8. The number of piperidine rings is 1. The number of aliphatic hydroxyl groups excluding tert-OH is 1. The highest BCUT2D eigenvalue weighted by molar-refractivity contribution is 8.76. The number of carbonyl (C=O) groups is 5. The molecule has 2 bridgehead atoms. The van der Waals surface area contributed by atoms with Gasteiger partial charge in [0.05, 0.1) is 36.3 Å². The smallest absolute Gasteiger partial charge is 0.327 e. The van der Waals surface area contributed by atoms with Gasteiger partial charge in [-0.3, -0.25) is 29.0 Å². The third kappa shape index (κ3) is 10.3. The van der Waals surface area contributed by atoms with E-state index in [2.05, 4.69) is 43.7 Å². The van der Waals surface area contributed by atoms with E-state index in [9.17, 15) is 44.5 Å². The minimum absolute atomic E-state index is 0.0339. The number of likely N-dealkylation sites (N-methyl/N-ethyl adjacent to an activating group) is 1. The topological polar surface area (TPSA) is 256 Å². The molecule has 19 nitrogen and oxygen atoms in total. The number of esters is 1. The molecule has 432 valence electrons. The summed E-state index contributed by atoms with van der Waals surface area (Å²) in [5.41, 5.74) is 3.53. The number of hydrogen-bond acceptors (Lipinski definition) is 19. The van der Waals surface area contributed by atoms with Crippen LogP contribution < -0.4 is 26.0 Å². The Morgan fingerprint density at radius 2 is 1.78 bits per heavy atom. The number of ketones is 2. The summed E-state index contributed by atoms with van der Waals surface area (Å²) in [6, 6.07) is 8.64. The van der Waals surface area contributed by atoms with Gasteiger partial charge in [-0.25, -0.2) is 5.43 Å². The van der Waals surface area contributed by atoms with Gasteiger partial charge in [0, 0.05) is 114 Å². The molecule has 21 heteroatoms. The lowest BCUT2D eigenvalue weighted by Gasteiger charge is -2.65. The van der Waals surface area contributed by atoms with Crippen LogP contribution in [0.25, 0.3) is 10.9 Å². The van der Waals surface area contributed by atoms with E-state index < -0.39 is 63.6 Å². The first-order valence-electron chi connectivity index (χ1n) is 28.1. The van der Waals surface area contributed by atoms with Crippen molar-refractivity contribution >= 4 is 68.1 Å². The van der Waals surface area contributed by atoms with E-state index in [1.807, 2.05) is 61.7 Å². The van der Waals surface area contributed by atoms with E-state index in [-0.39, 0.29) is 55.5 Å². The second-order valence-electron chi connectivity index (χ2n) is 23.4. The van der Waals surface area contributed by atoms with E-state index in [1.54, 1.807) is 21.0 Å². The maximum Gasteiger partial charge on any atom is 0.327 e. The lowest BCUT2D eigenvalue weighted by Crippen LogP contribution is -2.84. The molecule has 3 aromatic rings. The summed E-state index contributed by atoms with van der Waals surface area (Å²) in [5.74, 6) is -0.500. The number of nitrogens with one attached hydrogen (secondary N) is 4. The summed E-state index contributed by atoms with van der Waals surface area (Å²) >= 11 is 0. The molecule has 1 amide bonds. The standard InChI is InChI=1S/C58H81N7O12S2/c1-8-54(72)29-38-30-56(33-76-34-66,47-40(17-21-64(31-38)32-54)39-14-10-11-15-43(39)60-47)42-27-41-44(28-46(42)75-7)63(6)52-57(41)19-22-65-20-13-18-55(9-2,51(57)65)53(71)58(52,73)48(61-62-74)50(70)77-23-25-79-78-24-12-16-45(68)37(5)59-49(69)35(3)26-36(4)67/h10-11,13-15,18,27-28,34-35,37-38,48,51-53,60-62,71-74H,8-9,12,16-17,19-26,29-33H2,1-7H3,(H,59,69)/t35-,37+,38+,48+,51-,52+,53+,54-,55+,56-,57+,58-/m0/s1. The number of anilines is 1. The Hall–Kier alpha value is -4.55. The average molecular weight is 1130 g/mol. The van der Waals surface area contributed by atoms with Gasteiger partial charge in [0.15, 0.2) is 11.8 Å². The highest BCUT2D eigenvalue weighted by Crippen LogP contribution is 2.68. The van der Waals surface area contributed by atoms with Gasteiger partial charge in [-0.05, 0) is 94.5 Å². The summed E-state index contributed by atoms with van der Waals surface area (Å²) in [6.07, 6.45) is 6.58. The lowest BCUT2D eigenvalue weighted by molar-refractivity contribution is -0.221. The molecule has 0 radical (unpaired) electrons. The quantitative estimate of drug-likeness (QED) is 0.0154. The molecule has 5 aliphatic heterocycles. The fourth-order valence-corrected chi connectivity index (χ4v) is 17.4. The highest BCUT2D eigenvalue weighted by atomic mass is 33.1. The van der Waals surface area contributed by atoms with Crippen molar-refractivity contribution in [2.75, 3.05) is 76.5 Å². The number of hydrazine groups is 1. The van der Waals surface area contributed by atoms with Crippen molar-refractivity contribution in [2.24, 2.45) is 17.3 Å². The number of aromatic nitrogens is 1. The highest BCUT2D eigenvalue weighted by Gasteiger charge is 2.79. The number of aromatic amines is 1. The van der Waals surface area contributed by atoms with Crippen LogP contribution in [0, 0.1) is 17.3 Å². The molecule has 9 rings (SSSR count). The molecular weight excluding hydrogens is 1050 g/mol. The summed E-state index contributed by atoms with van der Waals surface area (Å²) in [4.78, 5) is 74.6. The molecule has 2 aromatic carbocycles. The van der Waals surface area contributed by atoms with Crippen LogP contribution in [0.1, 0.15) is 108 Å². The van der Waals surface area contributed by atoms with Crippen LogP contribution in [0.2, 0.25) is 0 Å². The number of H-pyrrole nitrogens is 1. The minimum Gasteiger partial charge on any atom is -0.496 e. The largest absolute Gasteiger partial charge is 0.496 e. The summed E-state index contributed by atoms with van der Waals surface area (Å²) < 4.78 is 18.5. The number of methoxy groups -OCH3 is 1. The first kappa shape index (κ1) is 59.1. The van der Waals surface area contributed by atoms with Crippen LogP contribution in [0.5, 0.6) is 5.75 Å². The molecule has 1 aromatic heterocycles. The fourth-order valence-electron chi connectivity index (χ4n) is 15.5. The third-order valence-electron chi connectivity index (χ3n) is 18.8. The zero-order valence-corrected chi connectivity index (χ0v) is 48.3. The molecule has 13 atom stereocenters. The Kier molecular flexibility index (Phi) is 17.8. The number of Topliss-reactive ketones (excluding diaryl/α,β-unsaturated/α-hetero) is 2. The van der Waals surface area contributed by atoms with Crippen LogP contribution in [0.4, 0.5) is 5.69 Å². The Bertz CT molecular complexity index is 2800. The summed E-state index contributed by atoms with van der Waals surface area (Å²) in [5, 5.41) is 53.6. The molecule has 1 unspecified atom stereocenters. The summed E-state index contributed by atoms with van der Waals surface area (Å²) in [7, 11) is 6.44. The fraction of sp³-hybridized carbons (Fsp3) is 0.638. The van der Waals surface area contributed by atoms with Crippen LogP contribution >= 0.6 is 21.6 Å². The van der Waals surface area contributed by atoms with Crippen molar-refractivity contribution in [1.29, 1.82) is 0 Å². The monoisotopic (exact) mass is 1130 g/mol. The molecule has 2 saturated heterocycles. The maximum absolute atomic E-state index is 14.7. The molecule has 1 saturated carbocycles. The third-order valence-corrected chi connectivity index (χ3v) is 21.3. The lowest BCUT2D eigenvalue weighted by atomic mass is 9.46. The molecule has 8 N–H and O–H groups in total. The van der Waals surface area contributed by atoms with E-state index in [1.165, 1.54) is 28.5 Å². The second-order valence-corrected chi connectivity index (χ2v) is 26.1. The SMILES string of the molecule is CC[C@]1(O)C[C@H]2CN(CCc3c([nH]c4ccccc34)[C@@](COC=O)(c3cc4c(cc3OC)N(C)[C@@H]3[C@]45CCN4CC=C[C@@](CC)([C@@H](O)[C@]3(O)[C@H](NNO)C(=O)OCCSSCCCC(=O)[C@@H](C)NC(=O)[C@@H](C)CC(C)=O)[C@H]45)C2)C1. The number of amides is 1. The zero-order chi connectivity index (χ0) is 56.7. The van der Waals surface area contributed by atoms with Gasteiger partial charge in [-0.2, -0.15) is 0 Å². The van der Waals surface area contributed by atoms with Crippen molar-refractivity contribution in [3.05, 3.63) is 70.9 Å². The number of nitrogens with zero attached hydrogens (tertiary/aromatic N) is 3. The predicted octanol–water partition coefficient (Wildman–Crippen LogP) is 4.49. The van der Waals surface area contributed by atoms with Crippen molar-refractivity contribution in [3.63, 3.8) is 0 Å². The number of para-hydroxylation sites is 1. The zero-order valence-electron chi connectivity index (χ0n) is 46.7. The van der Waals surface area contributed by atoms with E-state index >= 15 is 0 Å². The van der Waals surface area contributed by atoms with E-state index in [0.29, 0.717) is 88.3 Å². The molecule has 1 spiro atoms. The average Bonchev–Trinajstić information content (AvgIpc) is 2.43. The van der Waals surface area contributed by atoms with E-state index in [0.717, 1.165) is 52.1 Å². The van der Waals surface area contributed by atoms with E-state index in [4.69, 9.17) is 14.2 Å². The first-order valence-corrected chi connectivity index (χ1v) is 30.6. The van der Waals surface area contributed by atoms with Gasteiger partial charge in [-0.15, -0.1) is 5.59 Å². The van der Waals surface area contributed by atoms with Crippen LogP contribution in [-0.2, 0) is 50.7 Å². The molecule has 1 aliphatic carbocycles. The number of fused-ring (bicyclic) bond motifs is 6. The van der Waals surface area contributed by atoms with Gasteiger partial charge in [-0.1, -0.05) is 72.7 Å². The van der Waals surface area contributed by atoms with Crippen molar-refractivity contribution in [2.45, 2.75) is 145 Å². The van der Waals surface area contributed by atoms with Crippen LogP contribution in [0.3, 0.4) is 0 Å². The number of rotatable bonds is 24. The number of benzene rings is 2. The van der Waals surface area contributed by atoms with Crippen molar-refractivity contribution in [3.8, 4) is 5.75 Å². The number of ether oxygens (including phenoxy) is 3. The molecule has 6 heterocycles. The molecule has 79 heavy (non-hydrogen) atoms. The molecular formula is C58H81N7O12S2. The van der Waals surface area contributed by atoms with Crippen molar-refractivity contribution in [1.82, 2.24) is 31.1 Å². The van der Waals surface area contributed by atoms with Gasteiger partial charge in [0.25, 0.3) is 6.47 Å². The Morgan fingerprint density at radius 1 is 1.01 bits per heavy atom. The Morgan fingerprint density at radius 3 is 2.51 bits per heavy atom. The molecule has 3 fully saturated rings. The maximum atomic E-state index is 14.7. The van der Waals surface area contributed by atoms with Gasteiger partial charge in [0.1, 0.15) is 30.3 Å². The van der Waals surface area contributed by atoms with Gasteiger partial charge in [0.2, 0.25) is 5.91 Å². The predicted molar refractivity (Wildman–Crippen MR) is 303 cm³/mol. The Labute approximate surface area is 471 Å². The number of hydrogen-bond donors (Lipinski definition) is 8. The Balaban J connectivity index is 1.05.